The molecule has 146 valence electrons. The van der Waals surface area contributed by atoms with E-state index < -0.39 is 0 Å². The van der Waals surface area contributed by atoms with Crippen LogP contribution in [0.2, 0.25) is 0 Å². The van der Waals surface area contributed by atoms with Gasteiger partial charge in [-0.25, -0.2) is 0 Å². The minimum atomic E-state index is -0.255. The van der Waals surface area contributed by atoms with Gasteiger partial charge in [0, 0.05) is 22.7 Å². The first kappa shape index (κ1) is 19.6. The summed E-state index contributed by atoms with van der Waals surface area (Å²) in [5.41, 5.74) is 1.29. The Bertz CT molecular complexity index is 941. The van der Waals surface area contributed by atoms with Crippen molar-refractivity contribution in [1.29, 1.82) is 0 Å². The first-order valence-corrected chi connectivity index (χ1v) is 9.61. The van der Waals surface area contributed by atoms with Crippen LogP contribution in [0, 0.1) is 0 Å². The van der Waals surface area contributed by atoms with E-state index in [4.69, 9.17) is 14.2 Å². The zero-order valence-corrected chi connectivity index (χ0v) is 16.7. The van der Waals surface area contributed by atoms with Crippen molar-refractivity contribution in [3.05, 3.63) is 48.0 Å². The Balaban J connectivity index is 1.72. The second kappa shape index (κ2) is 9.18. The molecule has 1 aromatic heterocycles. The highest BCUT2D eigenvalue weighted by molar-refractivity contribution is 7.10. The van der Waals surface area contributed by atoms with Gasteiger partial charge in [0.25, 0.3) is 5.91 Å². The molecule has 0 spiro atoms. The number of ether oxygens (including phenoxy) is 3. The van der Waals surface area contributed by atoms with Gasteiger partial charge in [0.15, 0.2) is 17.3 Å². The van der Waals surface area contributed by atoms with E-state index in [0.717, 1.165) is 22.8 Å². The molecule has 0 radical (unpaired) electrons. The first-order valence-electron chi connectivity index (χ1n) is 8.83. The zero-order valence-electron chi connectivity index (χ0n) is 15.9. The van der Waals surface area contributed by atoms with Crippen molar-refractivity contribution >= 4 is 22.6 Å². The Kier molecular flexibility index (Phi) is 6.44. The first-order chi connectivity index (χ1) is 13.6. The topological polar surface area (TPSA) is 82.6 Å². The summed E-state index contributed by atoms with van der Waals surface area (Å²) in [5, 5.41) is 3.19. The Morgan fingerprint density at radius 3 is 2.46 bits per heavy atom. The number of nitrogens with zero attached hydrogens (tertiary/aromatic N) is 2. The number of carbonyl (C=O) groups is 1. The lowest BCUT2D eigenvalue weighted by atomic mass is 10.2. The summed E-state index contributed by atoms with van der Waals surface area (Å²) in [6, 6.07) is 12.4. The third kappa shape index (κ3) is 4.58. The van der Waals surface area contributed by atoms with E-state index in [9.17, 15) is 4.79 Å². The number of aromatic nitrogens is 2. The smallest absolute Gasteiger partial charge is 0.257 e. The third-order valence-electron chi connectivity index (χ3n) is 3.80. The summed E-state index contributed by atoms with van der Waals surface area (Å²) >= 11 is 1.12. The largest absolute Gasteiger partial charge is 0.494 e. The van der Waals surface area contributed by atoms with Crippen LogP contribution in [0.4, 0.5) is 5.13 Å². The summed E-state index contributed by atoms with van der Waals surface area (Å²) in [7, 11) is 1.58. The van der Waals surface area contributed by atoms with Crippen molar-refractivity contribution in [3.63, 3.8) is 0 Å². The number of amides is 1. The van der Waals surface area contributed by atoms with Crippen molar-refractivity contribution in [3.8, 4) is 28.6 Å². The molecule has 3 rings (SSSR count). The highest BCUT2D eigenvalue weighted by Crippen LogP contribution is 2.32. The average molecular weight is 399 g/mol. The van der Waals surface area contributed by atoms with Gasteiger partial charge in [0.2, 0.25) is 5.13 Å². The third-order valence-corrected chi connectivity index (χ3v) is 4.43. The lowest BCUT2D eigenvalue weighted by Crippen LogP contribution is -2.11. The Morgan fingerprint density at radius 1 is 1.04 bits per heavy atom. The number of nitrogens with one attached hydrogen (secondary N) is 1. The highest BCUT2D eigenvalue weighted by atomic mass is 32.1. The van der Waals surface area contributed by atoms with Crippen LogP contribution >= 0.6 is 11.5 Å². The molecule has 0 bridgehead atoms. The molecule has 28 heavy (non-hydrogen) atoms. The van der Waals surface area contributed by atoms with E-state index in [1.807, 2.05) is 32.0 Å². The van der Waals surface area contributed by atoms with Crippen LogP contribution in [0.25, 0.3) is 11.4 Å². The SMILES string of the molecule is CCOc1ccc(C(=O)Nc2nc(-c3ccc(OCC)c(OC)c3)ns2)cc1. The van der Waals surface area contributed by atoms with Crippen LogP contribution < -0.4 is 19.5 Å². The number of benzene rings is 2. The molecule has 0 atom stereocenters. The fourth-order valence-electron chi connectivity index (χ4n) is 2.51. The predicted molar refractivity (Wildman–Crippen MR) is 109 cm³/mol. The number of rotatable bonds is 8. The lowest BCUT2D eigenvalue weighted by Gasteiger charge is -2.09. The zero-order chi connectivity index (χ0) is 19.9. The molecule has 0 aliphatic rings. The van der Waals surface area contributed by atoms with Crippen LogP contribution in [0.15, 0.2) is 42.5 Å². The Labute approximate surface area is 167 Å². The Morgan fingerprint density at radius 2 is 1.79 bits per heavy atom. The highest BCUT2D eigenvalue weighted by Gasteiger charge is 2.13. The summed E-state index contributed by atoms with van der Waals surface area (Å²) in [5.74, 6) is 2.24. The maximum atomic E-state index is 12.4. The molecule has 1 N–H and O–H groups in total. The van der Waals surface area contributed by atoms with Crippen LogP contribution in [0.3, 0.4) is 0 Å². The summed E-state index contributed by atoms with van der Waals surface area (Å²) < 4.78 is 20.6. The quantitative estimate of drug-likeness (QED) is 0.609. The van der Waals surface area contributed by atoms with Crippen LogP contribution in [-0.4, -0.2) is 35.6 Å². The number of hydrogen-bond donors (Lipinski definition) is 1. The fraction of sp³-hybridized carbons (Fsp3) is 0.250. The molecule has 8 heteroatoms. The molecule has 1 amide bonds. The van der Waals surface area contributed by atoms with Crippen molar-refractivity contribution in [2.75, 3.05) is 25.6 Å². The fourth-order valence-corrected chi connectivity index (χ4v) is 3.10. The average Bonchev–Trinajstić information content (AvgIpc) is 3.17. The van der Waals surface area contributed by atoms with E-state index in [1.54, 1.807) is 31.4 Å². The lowest BCUT2D eigenvalue weighted by molar-refractivity contribution is 0.102. The van der Waals surface area contributed by atoms with Crippen molar-refractivity contribution in [2.24, 2.45) is 0 Å². The second-order valence-corrected chi connectivity index (χ2v) is 6.39. The number of carbonyl (C=O) groups excluding carboxylic acids is 1. The van der Waals surface area contributed by atoms with Crippen molar-refractivity contribution in [1.82, 2.24) is 9.36 Å². The minimum Gasteiger partial charge on any atom is -0.494 e. The summed E-state index contributed by atoms with van der Waals surface area (Å²) in [6.07, 6.45) is 0. The van der Waals surface area contributed by atoms with Crippen molar-refractivity contribution in [2.45, 2.75) is 13.8 Å². The molecule has 0 aliphatic carbocycles. The van der Waals surface area contributed by atoms with Gasteiger partial charge in [-0.05, 0) is 56.3 Å². The van der Waals surface area contributed by atoms with Gasteiger partial charge in [-0.1, -0.05) is 0 Å². The molecule has 0 saturated carbocycles. The van der Waals surface area contributed by atoms with Gasteiger partial charge in [-0.3, -0.25) is 10.1 Å². The van der Waals surface area contributed by atoms with Crippen LogP contribution in [-0.2, 0) is 0 Å². The molecular weight excluding hydrogens is 378 g/mol. The predicted octanol–water partition coefficient (Wildman–Crippen LogP) is 4.26. The Hall–Kier alpha value is -3.13. The molecular formula is C20H21N3O4S. The second-order valence-electron chi connectivity index (χ2n) is 5.63. The van der Waals surface area contributed by atoms with Gasteiger partial charge in [0.1, 0.15) is 5.75 Å². The molecule has 2 aromatic carbocycles. The van der Waals surface area contributed by atoms with E-state index >= 15 is 0 Å². The molecule has 0 saturated heterocycles. The van der Waals surface area contributed by atoms with Gasteiger partial charge in [-0.2, -0.15) is 9.36 Å². The molecule has 0 aliphatic heterocycles. The van der Waals surface area contributed by atoms with Crippen molar-refractivity contribution < 1.29 is 19.0 Å². The summed E-state index contributed by atoms with van der Waals surface area (Å²) in [4.78, 5) is 16.8. The molecule has 0 unspecified atom stereocenters. The van der Waals surface area contributed by atoms with Gasteiger partial charge in [0.05, 0.1) is 20.3 Å². The van der Waals surface area contributed by atoms with Crippen LogP contribution in [0.5, 0.6) is 17.2 Å². The van der Waals surface area contributed by atoms with Crippen LogP contribution in [0.1, 0.15) is 24.2 Å². The van der Waals surface area contributed by atoms with E-state index in [2.05, 4.69) is 14.7 Å². The van der Waals surface area contributed by atoms with Gasteiger partial charge < -0.3 is 14.2 Å². The standard InChI is InChI=1S/C20H21N3O4S/c1-4-26-15-9-6-13(7-10-15)19(24)22-20-21-18(23-28-20)14-8-11-16(27-5-2)17(12-14)25-3/h6-12H,4-5H2,1-3H3,(H,21,22,23,24). The molecule has 3 aromatic rings. The summed E-state index contributed by atoms with van der Waals surface area (Å²) in [6.45, 7) is 4.95. The van der Waals surface area contributed by atoms with Gasteiger partial charge in [-0.15, -0.1) is 0 Å². The number of anilines is 1. The molecule has 0 fully saturated rings. The minimum absolute atomic E-state index is 0.255. The number of methoxy groups -OCH3 is 1. The normalized spacial score (nSPS) is 10.4. The van der Waals surface area contributed by atoms with E-state index in [-0.39, 0.29) is 5.91 Å². The maximum absolute atomic E-state index is 12.4. The molecule has 1 heterocycles. The maximum Gasteiger partial charge on any atom is 0.257 e. The molecule has 7 nitrogen and oxygen atoms in total. The van der Waals surface area contributed by atoms with Gasteiger partial charge >= 0.3 is 0 Å². The number of hydrogen-bond acceptors (Lipinski definition) is 7. The van der Waals surface area contributed by atoms with E-state index in [1.165, 1.54) is 0 Å². The monoisotopic (exact) mass is 399 g/mol. The van der Waals surface area contributed by atoms with E-state index in [0.29, 0.717) is 41.2 Å².